The number of benzene rings is 1. The fraction of sp³-hybridized carbons (Fsp3) is 0.154. The van der Waals surface area contributed by atoms with Crippen LogP contribution in [-0.4, -0.2) is 20.3 Å². The molecule has 2 aromatic heterocycles. The Morgan fingerprint density at radius 2 is 1.95 bits per heavy atom. The Hall–Kier alpha value is -2.15. The first-order valence-electron chi connectivity index (χ1n) is 5.96. The van der Waals surface area contributed by atoms with Crippen LogP contribution >= 0.6 is 15.9 Å². The number of nitrogens with two attached hydrogens (primary N) is 1. The molecule has 0 saturated carbocycles. The molecule has 0 fully saturated rings. The van der Waals surface area contributed by atoms with Gasteiger partial charge in [-0.05, 0) is 37.1 Å². The molecule has 3 N–H and O–H groups in total. The zero-order chi connectivity index (χ0) is 14.3. The fourth-order valence-electron chi connectivity index (χ4n) is 1.99. The summed E-state index contributed by atoms with van der Waals surface area (Å²) in [5, 5.41) is 10.5. The van der Waals surface area contributed by atoms with Gasteiger partial charge in [0, 0.05) is 10.0 Å². The van der Waals surface area contributed by atoms with E-state index in [1.807, 2.05) is 26.0 Å². The topological polar surface area (TPSA) is 93.6 Å². The van der Waals surface area contributed by atoms with Crippen molar-refractivity contribution in [3.63, 3.8) is 0 Å². The number of anilines is 1. The second-order valence-electron chi connectivity index (χ2n) is 4.54. The number of hydrogen-bond acceptors (Lipinski definition) is 5. The highest BCUT2D eigenvalue weighted by molar-refractivity contribution is 9.10. The van der Waals surface area contributed by atoms with Crippen molar-refractivity contribution < 1.29 is 4.52 Å². The first-order valence-corrected chi connectivity index (χ1v) is 6.75. The Balaban J connectivity index is 2.05. The lowest BCUT2D eigenvalue weighted by atomic mass is 10.1. The van der Waals surface area contributed by atoms with E-state index in [1.165, 1.54) is 0 Å². The lowest BCUT2D eigenvalue weighted by molar-refractivity contribution is 0.432. The number of nitrogens with zero attached hydrogens (tertiary/aromatic N) is 3. The molecule has 3 rings (SSSR count). The van der Waals surface area contributed by atoms with Crippen LogP contribution in [-0.2, 0) is 0 Å². The SMILES string of the molecule is Cc1cc(-c2noc(-c3cn[nH]c3N)n2)cc(C)c1Br. The third-order valence-electron chi connectivity index (χ3n) is 3.02. The minimum atomic E-state index is 0.351. The van der Waals surface area contributed by atoms with Gasteiger partial charge in [0.25, 0.3) is 5.89 Å². The van der Waals surface area contributed by atoms with E-state index in [0.717, 1.165) is 21.2 Å². The third-order valence-corrected chi connectivity index (χ3v) is 4.27. The van der Waals surface area contributed by atoms with Gasteiger partial charge in [-0.15, -0.1) is 0 Å². The van der Waals surface area contributed by atoms with Crippen LogP contribution in [0.5, 0.6) is 0 Å². The van der Waals surface area contributed by atoms with Crippen molar-refractivity contribution in [2.45, 2.75) is 13.8 Å². The summed E-state index contributed by atoms with van der Waals surface area (Å²) in [4.78, 5) is 4.36. The molecule has 2 heterocycles. The summed E-state index contributed by atoms with van der Waals surface area (Å²) >= 11 is 3.54. The number of nitrogens with one attached hydrogen (secondary N) is 1. The molecular formula is C13H12BrN5O. The summed E-state index contributed by atoms with van der Waals surface area (Å²) in [6, 6.07) is 4.01. The van der Waals surface area contributed by atoms with E-state index >= 15 is 0 Å². The van der Waals surface area contributed by atoms with E-state index < -0.39 is 0 Å². The zero-order valence-electron chi connectivity index (χ0n) is 10.9. The van der Waals surface area contributed by atoms with Crippen molar-refractivity contribution in [1.82, 2.24) is 20.3 Å². The van der Waals surface area contributed by atoms with Gasteiger partial charge in [0.1, 0.15) is 11.4 Å². The highest BCUT2D eigenvalue weighted by Gasteiger charge is 2.15. The first-order chi connectivity index (χ1) is 9.56. The standard InChI is InChI=1S/C13H12BrN5O/c1-6-3-8(4-7(2)10(6)14)12-17-13(20-19-12)9-5-16-18-11(9)15/h3-5H,1-2H3,(H3,15,16,18). The second-order valence-corrected chi connectivity index (χ2v) is 5.34. The molecule has 20 heavy (non-hydrogen) atoms. The predicted molar refractivity (Wildman–Crippen MR) is 78.9 cm³/mol. The first kappa shape index (κ1) is 12.9. The van der Waals surface area contributed by atoms with Crippen LogP contribution in [0, 0.1) is 13.8 Å². The largest absolute Gasteiger partial charge is 0.383 e. The Bertz CT molecular complexity index is 754. The summed E-state index contributed by atoms with van der Waals surface area (Å²) in [6.07, 6.45) is 1.56. The maximum Gasteiger partial charge on any atom is 0.263 e. The Labute approximate surface area is 123 Å². The minimum Gasteiger partial charge on any atom is -0.383 e. The van der Waals surface area contributed by atoms with Crippen LogP contribution in [0.3, 0.4) is 0 Å². The number of H-pyrrole nitrogens is 1. The van der Waals surface area contributed by atoms with Gasteiger partial charge in [-0.2, -0.15) is 10.1 Å². The Kier molecular flexibility index (Phi) is 3.06. The maximum atomic E-state index is 5.74. The number of aromatic amines is 1. The smallest absolute Gasteiger partial charge is 0.263 e. The maximum absolute atomic E-state index is 5.74. The van der Waals surface area contributed by atoms with Gasteiger partial charge >= 0.3 is 0 Å². The predicted octanol–water partition coefficient (Wildman–Crippen LogP) is 3.09. The van der Waals surface area contributed by atoms with Gasteiger partial charge in [-0.25, -0.2) is 0 Å². The monoisotopic (exact) mass is 333 g/mol. The van der Waals surface area contributed by atoms with Crippen LogP contribution in [0.4, 0.5) is 5.82 Å². The van der Waals surface area contributed by atoms with Crippen molar-refractivity contribution in [2.75, 3.05) is 5.73 Å². The van der Waals surface area contributed by atoms with Gasteiger partial charge in [0.2, 0.25) is 5.82 Å². The summed E-state index contributed by atoms with van der Waals surface area (Å²) in [7, 11) is 0. The summed E-state index contributed by atoms with van der Waals surface area (Å²) in [6.45, 7) is 4.05. The molecule has 6 nitrogen and oxygen atoms in total. The van der Waals surface area contributed by atoms with E-state index in [-0.39, 0.29) is 0 Å². The van der Waals surface area contributed by atoms with Gasteiger partial charge in [-0.3, -0.25) is 5.10 Å². The summed E-state index contributed by atoms with van der Waals surface area (Å²) in [5.74, 6) is 1.28. The Morgan fingerprint density at radius 1 is 1.25 bits per heavy atom. The van der Waals surface area contributed by atoms with Crippen molar-refractivity contribution in [3.05, 3.63) is 33.9 Å². The van der Waals surface area contributed by atoms with E-state index in [2.05, 4.69) is 36.3 Å². The van der Waals surface area contributed by atoms with Gasteiger partial charge in [0.05, 0.1) is 6.20 Å². The molecule has 0 aliphatic heterocycles. The lowest BCUT2D eigenvalue weighted by Gasteiger charge is -2.04. The lowest BCUT2D eigenvalue weighted by Crippen LogP contribution is -1.89. The van der Waals surface area contributed by atoms with Crippen LogP contribution in [0.1, 0.15) is 11.1 Å². The van der Waals surface area contributed by atoms with Crippen LogP contribution in [0.2, 0.25) is 0 Å². The average molecular weight is 334 g/mol. The van der Waals surface area contributed by atoms with Crippen molar-refractivity contribution >= 4 is 21.7 Å². The van der Waals surface area contributed by atoms with Gasteiger partial charge < -0.3 is 10.3 Å². The molecule has 0 atom stereocenters. The fourth-order valence-corrected chi connectivity index (χ4v) is 2.22. The van der Waals surface area contributed by atoms with Crippen molar-refractivity contribution in [3.8, 4) is 22.8 Å². The second kappa shape index (κ2) is 4.75. The molecule has 1 aromatic carbocycles. The molecule has 0 unspecified atom stereocenters. The number of aromatic nitrogens is 4. The average Bonchev–Trinajstić information content (AvgIpc) is 3.03. The highest BCUT2D eigenvalue weighted by atomic mass is 79.9. The number of halogens is 1. The van der Waals surface area contributed by atoms with E-state index in [0.29, 0.717) is 23.1 Å². The van der Waals surface area contributed by atoms with Crippen LogP contribution < -0.4 is 5.73 Å². The molecular weight excluding hydrogens is 322 g/mol. The summed E-state index contributed by atoms with van der Waals surface area (Å²) < 4.78 is 6.33. The zero-order valence-corrected chi connectivity index (χ0v) is 12.5. The number of aryl methyl sites for hydroxylation is 2. The minimum absolute atomic E-state index is 0.351. The molecule has 0 bridgehead atoms. The molecule has 0 saturated heterocycles. The molecule has 102 valence electrons. The molecule has 3 aromatic rings. The Morgan fingerprint density at radius 3 is 2.55 bits per heavy atom. The summed E-state index contributed by atoms with van der Waals surface area (Å²) in [5.41, 5.74) is 9.48. The van der Waals surface area contributed by atoms with E-state index in [4.69, 9.17) is 10.3 Å². The molecule has 0 aliphatic rings. The molecule has 0 aliphatic carbocycles. The normalized spacial score (nSPS) is 10.9. The molecule has 0 amide bonds. The number of rotatable bonds is 2. The van der Waals surface area contributed by atoms with Gasteiger partial charge in [-0.1, -0.05) is 21.1 Å². The number of hydrogen-bond donors (Lipinski definition) is 2. The van der Waals surface area contributed by atoms with Crippen LogP contribution in [0.25, 0.3) is 22.8 Å². The molecule has 0 spiro atoms. The third kappa shape index (κ3) is 2.09. The van der Waals surface area contributed by atoms with Gasteiger partial charge in [0.15, 0.2) is 0 Å². The molecule has 7 heteroatoms. The van der Waals surface area contributed by atoms with Crippen molar-refractivity contribution in [2.24, 2.45) is 0 Å². The van der Waals surface area contributed by atoms with E-state index in [1.54, 1.807) is 6.20 Å². The highest BCUT2D eigenvalue weighted by Crippen LogP contribution is 2.29. The van der Waals surface area contributed by atoms with E-state index in [9.17, 15) is 0 Å². The number of nitrogen functional groups attached to an aromatic ring is 1. The molecule has 0 radical (unpaired) electrons. The van der Waals surface area contributed by atoms with Crippen molar-refractivity contribution in [1.29, 1.82) is 0 Å². The quantitative estimate of drug-likeness (QED) is 0.751. The van der Waals surface area contributed by atoms with Crippen LogP contribution in [0.15, 0.2) is 27.3 Å².